The fourth-order valence-electron chi connectivity index (χ4n) is 4.08. The normalized spacial score (nSPS) is 16.8. The quantitative estimate of drug-likeness (QED) is 0.731. The van der Waals surface area contributed by atoms with Crippen LogP contribution in [0.25, 0.3) is 0 Å². The first-order valence-electron chi connectivity index (χ1n) is 10.1. The number of hydrogen-bond donors (Lipinski definition) is 1. The lowest BCUT2D eigenvalue weighted by Gasteiger charge is -2.26. The van der Waals surface area contributed by atoms with Gasteiger partial charge in [0.2, 0.25) is 5.91 Å². The van der Waals surface area contributed by atoms with Crippen LogP contribution in [0.15, 0.2) is 59.9 Å². The lowest BCUT2D eigenvalue weighted by Crippen LogP contribution is -2.33. The number of nitrogens with one attached hydrogen (secondary N) is 1. The van der Waals surface area contributed by atoms with Gasteiger partial charge >= 0.3 is 0 Å². The van der Waals surface area contributed by atoms with Crippen LogP contribution < -0.4 is 10.1 Å². The Morgan fingerprint density at radius 3 is 3.00 bits per heavy atom. The first-order chi connectivity index (χ1) is 14.7. The Bertz CT molecular complexity index is 1160. The number of amides is 1. The Hall–Kier alpha value is -3.54. The van der Waals surface area contributed by atoms with Crippen molar-refractivity contribution in [1.29, 1.82) is 0 Å². The number of aryl methyl sites for hydroxylation is 1. The van der Waals surface area contributed by atoms with E-state index < -0.39 is 0 Å². The molecule has 1 atom stereocenters. The molecule has 0 saturated carbocycles. The van der Waals surface area contributed by atoms with E-state index in [1.54, 1.807) is 6.20 Å². The molecule has 4 heterocycles. The molecule has 3 aromatic rings. The van der Waals surface area contributed by atoms with Crippen molar-refractivity contribution < 1.29 is 9.53 Å². The van der Waals surface area contributed by atoms with Gasteiger partial charge in [-0.25, -0.2) is 0 Å². The number of fused-ring (bicyclic) bond motifs is 2. The van der Waals surface area contributed by atoms with E-state index in [2.05, 4.69) is 20.3 Å². The van der Waals surface area contributed by atoms with Gasteiger partial charge in [-0.15, -0.1) is 0 Å². The molecule has 0 fully saturated rings. The van der Waals surface area contributed by atoms with Gasteiger partial charge in [-0.05, 0) is 36.8 Å². The zero-order chi connectivity index (χ0) is 20.5. The Labute approximate surface area is 175 Å². The lowest BCUT2D eigenvalue weighted by atomic mass is 10.00. The monoisotopic (exact) mass is 398 g/mol. The Kier molecular flexibility index (Phi) is 4.75. The fourth-order valence-corrected chi connectivity index (χ4v) is 4.08. The molecule has 30 heavy (non-hydrogen) atoms. The van der Waals surface area contributed by atoms with Crippen LogP contribution in [0.5, 0.6) is 5.75 Å². The maximum Gasteiger partial charge on any atom is 0.226 e. The largest absolute Gasteiger partial charge is 0.493 e. The van der Waals surface area contributed by atoms with E-state index in [0.717, 1.165) is 51.5 Å². The SMILES string of the molecule is Cc1cc(C2=NCc3cc(CC(=O)NC4CCOc5ccccc54)ncc32)ccn1. The van der Waals surface area contributed by atoms with Crippen molar-refractivity contribution in [2.24, 2.45) is 4.99 Å². The number of nitrogens with zero attached hydrogens (tertiary/aromatic N) is 3. The van der Waals surface area contributed by atoms with Gasteiger partial charge in [0.05, 0.1) is 37.0 Å². The predicted molar refractivity (Wildman–Crippen MR) is 114 cm³/mol. The minimum absolute atomic E-state index is 0.0262. The zero-order valence-electron chi connectivity index (χ0n) is 16.8. The third-order valence-corrected chi connectivity index (χ3v) is 5.51. The number of carbonyl (C=O) groups excluding carboxylic acids is 1. The average molecular weight is 398 g/mol. The van der Waals surface area contributed by atoms with E-state index >= 15 is 0 Å². The molecule has 0 saturated heterocycles. The summed E-state index contributed by atoms with van der Waals surface area (Å²) in [5.74, 6) is 0.814. The molecule has 0 radical (unpaired) electrons. The van der Waals surface area contributed by atoms with Crippen molar-refractivity contribution in [3.05, 3.63) is 88.5 Å². The number of para-hydroxylation sites is 1. The second-order valence-electron chi connectivity index (χ2n) is 7.66. The number of rotatable bonds is 4. The van der Waals surface area contributed by atoms with Crippen LogP contribution in [0.1, 0.15) is 46.1 Å². The highest BCUT2D eigenvalue weighted by Crippen LogP contribution is 2.31. The van der Waals surface area contributed by atoms with Crippen LogP contribution in [-0.4, -0.2) is 28.2 Å². The minimum atomic E-state index is -0.0342. The molecular formula is C24H22N4O2. The van der Waals surface area contributed by atoms with Gasteiger partial charge in [-0.1, -0.05) is 18.2 Å². The smallest absolute Gasteiger partial charge is 0.226 e. The molecule has 1 unspecified atom stereocenters. The molecule has 6 nitrogen and oxygen atoms in total. The molecule has 6 heteroatoms. The van der Waals surface area contributed by atoms with Gasteiger partial charge in [0, 0.05) is 41.2 Å². The van der Waals surface area contributed by atoms with Crippen molar-refractivity contribution in [1.82, 2.24) is 15.3 Å². The van der Waals surface area contributed by atoms with Crippen molar-refractivity contribution in [3.8, 4) is 5.75 Å². The Balaban J connectivity index is 1.29. The van der Waals surface area contributed by atoms with E-state index in [1.165, 1.54) is 0 Å². The van der Waals surface area contributed by atoms with Crippen molar-refractivity contribution in [2.75, 3.05) is 6.61 Å². The highest BCUT2D eigenvalue weighted by Gasteiger charge is 2.23. The molecule has 0 bridgehead atoms. The van der Waals surface area contributed by atoms with E-state index in [0.29, 0.717) is 13.2 Å². The Morgan fingerprint density at radius 2 is 2.10 bits per heavy atom. The highest BCUT2D eigenvalue weighted by atomic mass is 16.5. The molecule has 0 spiro atoms. The summed E-state index contributed by atoms with van der Waals surface area (Å²) in [5.41, 5.74) is 6.87. The highest BCUT2D eigenvalue weighted by molar-refractivity contribution is 6.15. The van der Waals surface area contributed by atoms with Gasteiger partial charge in [0.1, 0.15) is 5.75 Å². The number of ether oxygens (including phenoxy) is 1. The molecule has 150 valence electrons. The number of carbonyl (C=O) groups is 1. The molecule has 1 aromatic carbocycles. The van der Waals surface area contributed by atoms with Gasteiger partial charge in [-0.3, -0.25) is 19.8 Å². The molecular weight excluding hydrogens is 376 g/mol. The number of benzene rings is 1. The lowest BCUT2D eigenvalue weighted by molar-refractivity contribution is -0.121. The molecule has 1 amide bonds. The molecule has 0 aliphatic carbocycles. The average Bonchev–Trinajstić information content (AvgIpc) is 3.17. The summed E-state index contributed by atoms with van der Waals surface area (Å²) in [6, 6.07) is 13.8. The molecule has 2 aromatic heterocycles. The number of hydrogen-bond acceptors (Lipinski definition) is 5. The third-order valence-electron chi connectivity index (χ3n) is 5.51. The van der Waals surface area contributed by atoms with E-state index in [9.17, 15) is 4.79 Å². The van der Waals surface area contributed by atoms with Gasteiger partial charge < -0.3 is 10.1 Å². The topological polar surface area (TPSA) is 76.5 Å². The summed E-state index contributed by atoms with van der Waals surface area (Å²) in [5, 5.41) is 3.14. The maximum atomic E-state index is 12.7. The second kappa shape index (κ2) is 7.71. The van der Waals surface area contributed by atoms with Gasteiger partial charge in [0.25, 0.3) is 0 Å². The summed E-state index contributed by atoms with van der Waals surface area (Å²) in [4.78, 5) is 26.2. The summed E-state index contributed by atoms with van der Waals surface area (Å²) in [6.07, 6.45) is 4.65. The number of aliphatic imine (C=N–C) groups is 1. The van der Waals surface area contributed by atoms with E-state index in [1.807, 2.05) is 55.6 Å². The summed E-state index contributed by atoms with van der Waals surface area (Å²) < 4.78 is 5.68. The van der Waals surface area contributed by atoms with Crippen molar-refractivity contribution >= 4 is 11.6 Å². The molecule has 2 aliphatic rings. The van der Waals surface area contributed by atoms with Crippen molar-refractivity contribution in [2.45, 2.75) is 32.4 Å². The Morgan fingerprint density at radius 1 is 1.20 bits per heavy atom. The standard InChI is InChI=1S/C24H22N4O2/c1-15-10-16(6-8-25-15)24-20-14-26-18(11-17(20)13-27-24)12-23(29)28-21-7-9-30-22-5-3-2-4-19(21)22/h2-6,8,10-11,14,21H,7,9,12-13H2,1H3,(H,28,29). The fraction of sp³-hybridized carbons (Fsp3) is 0.250. The van der Waals surface area contributed by atoms with Crippen LogP contribution in [0.2, 0.25) is 0 Å². The van der Waals surface area contributed by atoms with Crippen molar-refractivity contribution in [3.63, 3.8) is 0 Å². The maximum absolute atomic E-state index is 12.7. The number of aromatic nitrogens is 2. The first kappa shape index (κ1) is 18.5. The van der Waals surface area contributed by atoms with Crippen LogP contribution in [0.3, 0.4) is 0 Å². The minimum Gasteiger partial charge on any atom is -0.493 e. The summed E-state index contributed by atoms with van der Waals surface area (Å²) in [7, 11) is 0. The molecule has 5 rings (SSSR count). The first-order valence-corrected chi connectivity index (χ1v) is 10.1. The summed E-state index contributed by atoms with van der Waals surface area (Å²) >= 11 is 0. The zero-order valence-corrected chi connectivity index (χ0v) is 16.8. The van der Waals surface area contributed by atoms with Gasteiger partial charge in [0.15, 0.2) is 0 Å². The van der Waals surface area contributed by atoms with Crippen LogP contribution in [-0.2, 0) is 17.8 Å². The van der Waals surface area contributed by atoms with Crippen LogP contribution >= 0.6 is 0 Å². The summed E-state index contributed by atoms with van der Waals surface area (Å²) in [6.45, 7) is 3.18. The predicted octanol–water partition coefficient (Wildman–Crippen LogP) is 3.32. The van der Waals surface area contributed by atoms with Crippen LogP contribution in [0, 0.1) is 6.92 Å². The number of pyridine rings is 2. The van der Waals surface area contributed by atoms with E-state index in [4.69, 9.17) is 4.74 Å². The van der Waals surface area contributed by atoms with E-state index in [-0.39, 0.29) is 18.4 Å². The molecule has 2 aliphatic heterocycles. The third kappa shape index (κ3) is 3.56. The second-order valence-corrected chi connectivity index (χ2v) is 7.66. The van der Waals surface area contributed by atoms with Crippen LogP contribution in [0.4, 0.5) is 0 Å². The van der Waals surface area contributed by atoms with Gasteiger partial charge in [-0.2, -0.15) is 0 Å². The molecule has 1 N–H and O–H groups in total.